The van der Waals surface area contributed by atoms with Gasteiger partial charge >= 0.3 is 5.97 Å². The van der Waals surface area contributed by atoms with Gasteiger partial charge in [0.1, 0.15) is 0 Å². The Labute approximate surface area is 122 Å². The smallest absolute Gasteiger partial charge is 0.306 e. The van der Waals surface area contributed by atoms with Crippen LogP contribution in [0.3, 0.4) is 0 Å². The van der Waals surface area contributed by atoms with Crippen LogP contribution in [0.1, 0.15) is 51.4 Å². The summed E-state index contributed by atoms with van der Waals surface area (Å²) in [6.07, 6.45) is 8.86. The Kier molecular flexibility index (Phi) is 6.80. The summed E-state index contributed by atoms with van der Waals surface area (Å²) in [6, 6.07) is 0. The number of carboxylic acids is 1. The maximum Gasteiger partial charge on any atom is 0.306 e. The third-order valence-corrected chi connectivity index (χ3v) is 5.11. The van der Waals surface area contributed by atoms with Crippen molar-refractivity contribution in [3.8, 4) is 0 Å². The highest BCUT2D eigenvalue weighted by Crippen LogP contribution is 2.26. The SMILES string of the molecule is O=C(O)C(CCC1CCNCC1)CCC1CCNCC1. The van der Waals surface area contributed by atoms with Gasteiger partial charge in [-0.2, -0.15) is 0 Å². The van der Waals surface area contributed by atoms with Crippen LogP contribution in [-0.4, -0.2) is 37.3 Å². The Bertz CT molecular complexity index is 262. The van der Waals surface area contributed by atoms with Crippen molar-refractivity contribution < 1.29 is 9.90 Å². The highest BCUT2D eigenvalue weighted by molar-refractivity contribution is 5.69. The number of carbonyl (C=O) groups is 1. The molecule has 4 nitrogen and oxygen atoms in total. The van der Waals surface area contributed by atoms with Gasteiger partial charge in [0.15, 0.2) is 0 Å². The molecule has 20 heavy (non-hydrogen) atoms. The molecule has 0 aromatic carbocycles. The monoisotopic (exact) mass is 282 g/mol. The average molecular weight is 282 g/mol. The number of rotatable bonds is 7. The molecule has 0 aliphatic carbocycles. The van der Waals surface area contributed by atoms with Crippen LogP contribution in [0, 0.1) is 17.8 Å². The summed E-state index contributed by atoms with van der Waals surface area (Å²) < 4.78 is 0. The first-order valence-corrected chi connectivity index (χ1v) is 8.40. The van der Waals surface area contributed by atoms with E-state index in [0.717, 1.165) is 63.7 Å². The van der Waals surface area contributed by atoms with E-state index in [1.165, 1.54) is 25.7 Å². The molecule has 2 saturated heterocycles. The van der Waals surface area contributed by atoms with E-state index in [2.05, 4.69) is 10.6 Å². The Hall–Kier alpha value is -0.610. The third kappa shape index (κ3) is 5.41. The van der Waals surface area contributed by atoms with E-state index >= 15 is 0 Å². The van der Waals surface area contributed by atoms with Crippen molar-refractivity contribution in [2.45, 2.75) is 51.4 Å². The number of piperidine rings is 2. The number of hydrogen-bond donors (Lipinski definition) is 3. The lowest BCUT2D eigenvalue weighted by Gasteiger charge is -2.25. The topological polar surface area (TPSA) is 61.4 Å². The van der Waals surface area contributed by atoms with Crippen LogP contribution in [0.2, 0.25) is 0 Å². The quantitative estimate of drug-likeness (QED) is 0.670. The fraction of sp³-hybridized carbons (Fsp3) is 0.938. The predicted molar refractivity (Wildman–Crippen MR) is 80.8 cm³/mol. The molecule has 2 rings (SSSR count). The van der Waals surface area contributed by atoms with E-state index in [0.29, 0.717) is 0 Å². The minimum absolute atomic E-state index is 0.111. The number of hydrogen-bond acceptors (Lipinski definition) is 3. The summed E-state index contributed by atoms with van der Waals surface area (Å²) in [5.41, 5.74) is 0. The lowest BCUT2D eigenvalue weighted by molar-refractivity contribution is -0.142. The zero-order chi connectivity index (χ0) is 14.2. The Morgan fingerprint density at radius 3 is 1.65 bits per heavy atom. The summed E-state index contributed by atoms with van der Waals surface area (Å²) in [4.78, 5) is 11.4. The predicted octanol–water partition coefficient (Wildman–Crippen LogP) is 2.25. The number of carboxylic acid groups (broad SMARTS) is 1. The molecule has 0 aromatic heterocycles. The fourth-order valence-electron chi connectivity index (χ4n) is 3.61. The molecule has 116 valence electrons. The minimum atomic E-state index is -0.576. The first-order chi connectivity index (χ1) is 9.75. The molecule has 4 heteroatoms. The molecule has 3 N–H and O–H groups in total. The van der Waals surface area contributed by atoms with E-state index in [4.69, 9.17) is 0 Å². The first kappa shape index (κ1) is 15.8. The molecule has 0 amide bonds. The van der Waals surface area contributed by atoms with Crippen LogP contribution >= 0.6 is 0 Å². The Balaban J connectivity index is 1.67. The first-order valence-electron chi connectivity index (χ1n) is 8.40. The van der Waals surface area contributed by atoms with E-state index < -0.39 is 5.97 Å². The molecule has 2 heterocycles. The molecule has 2 aliphatic rings. The van der Waals surface area contributed by atoms with Crippen molar-refractivity contribution in [3.05, 3.63) is 0 Å². The van der Waals surface area contributed by atoms with Crippen LogP contribution in [0.15, 0.2) is 0 Å². The lowest BCUT2D eigenvalue weighted by atomic mass is 9.85. The Morgan fingerprint density at radius 2 is 1.30 bits per heavy atom. The van der Waals surface area contributed by atoms with Crippen LogP contribution in [0.4, 0.5) is 0 Å². The molecular weight excluding hydrogens is 252 g/mol. The van der Waals surface area contributed by atoms with Gasteiger partial charge in [0.2, 0.25) is 0 Å². The molecule has 0 radical (unpaired) electrons. The van der Waals surface area contributed by atoms with Crippen LogP contribution in [0.5, 0.6) is 0 Å². The van der Waals surface area contributed by atoms with Crippen LogP contribution in [0.25, 0.3) is 0 Å². The lowest BCUT2D eigenvalue weighted by Crippen LogP contribution is -2.29. The van der Waals surface area contributed by atoms with Gasteiger partial charge in [0.25, 0.3) is 0 Å². The zero-order valence-electron chi connectivity index (χ0n) is 12.6. The number of aliphatic carboxylic acids is 1. The normalized spacial score (nSPS) is 22.2. The molecule has 0 unspecified atom stereocenters. The van der Waals surface area contributed by atoms with Gasteiger partial charge in [-0.05, 0) is 89.4 Å². The van der Waals surface area contributed by atoms with Crippen molar-refractivity contribution in [2.24, 2.45) is 17.8 Å². The van der Waals surface area contributed by atoms with Crippen molar-refractivity contribution in [2.75, 3.05) is 26.2 Å². The third-order valence-electron chi connectivity index (χ3n) is 5.11. The van der Waals surface area contributed by atoms with E-state index in [-0.39, 0.29) is 5.92 Å². The van der Waals surface area contributed by atoms with Crippen molar-refractivity contribution in [1.29, 1.82) is 0 Å². The summed E-state index contributed by atoms with van der Waals surface area (Å²) >= 11 is 0. The van der Waals surface area contributed by atoms with Gasteiger partial charge in [-0.3, -0.25) is 4.79 Å². The van der Waals surface area contributed by atoms with Gasteiger partial charge in [-0.15, -0.1) is 0 Å². The van der Waals surface area contributed by atoms with Crippen LogP contribution in [-0.2, 0) is 4.79 Å². The summed E-state index contributed by atoms with van der Waals surface area (Å²) in [6.45, 7) is 4.43. The highest BCUT2D eigenvalue weighted by Gasteiger charge is 2.22. The molecule has 2 aliphatic heterocycles. The standard InChI is InChI=1S/C16H30N2O2/c19-16(20)15(3-1-13-5-9-17-10-6-13)4-2-14-7-11-18-12-8-14/h13-15,17-18H,1-12H2,(H,19,20). The second kappa shape index (κ2) is 8.63. The maximum absolute atomic E-state index is 11.4. The van der Waals surface area contributed by atoms with Gasteiger partial charge in [0.05, 0.1) is 5.92 Å². The number of nitrogens with one attached hydrogen (secondary N) is 2. The summed E-state index contributed by atoms with van der Waals surface area (Å²) in [5.74, 6) is 0.807. The summed E-state index contributed by atoms with van der Waals surface area (Å²) in [5, 5.41) is 16.1. The van der Waals surface area contributed by atoms with Crippen molar-refractivity contribution >= 4 is 5.97 Å². The van der Waals surface area contributed by atoms with Crippen molar-refractivity contribution in [1.82, 2.24) is 10.6 Å². The molecule has 0 saturated carbocycles. The largest absolute Gasteiger partial charge is 0.481 e. The van der Waals surface area contributed by atoms with Gasteiger partial charge in [0, 0.05) is 0 Å². The molecular formula is C16H30N2O2. The molecule has 0 spiro atoms. The van der Waals surface area contributed by atoms with E-state index in [1.807, 2.05) is 0 Å². The minimum Gasteiger partial charge on any atom is -0.481 e. The molecule has 2 fully saturated rings. The fourth-order valence-corrected chi connectivity index (χ4v) is 3.61. The van der Waals surface area contributed by atoms with Gasteiger partial charge in [-0.1, -0.05) is 0 Å². The van der Waals surface area contributed by atoms with Crippen LogP contribution < -0.4 is 10.6 Å². The van der Waals surface area contributed by atoms with Gasteiger partial charge in [-0.25, -0.2) is 0 Å². The molecule has 0 bridgehead atoms. The second-order valence-corrected chi connectivity index (χ2v) is 6.58. The molecule has 0 atom stereocenters. The average Bonchev–Trinajstić information content (AvgIpc) is 2.49. The Morgan fingerprint density at radius 1 is 0.900 bits per heavy atom. The molecule has 0 aromatic rings. The van der Waals surface area contributed by atoms with Gasteiger partial charge < -0.3 is 15.7 Å². The maximum atomic E-state index is 11.4. The van der Waals surface area contributed by atoms with E-state index in [9.17, 15) is 9.90 Å². The second-order valence-electron chi connectivity index (χ2n) is 6.58. The van der Waals surface area contributed by atoms with Crippen molar-refractivity contribution in [3.63, 3.8) is 0 Å². The highest BCUT2D eigenvalue weighted by atomic mass is 16.4. The zero-order valence-corrected chi connectivity index (χ0v) is 12.6. The summed E-state index contributed by atoms with van der Waals surface area (Å²) in [7, 11) is 0. The van der Waals surface area contributed by atoms with E-state index in [1.54, 1.807) is 0 Å².